The van der Waals surface area contributed by atoms with Gasteiger partial charge in [0.25, 0.3) is 0 Å². The lowest BCUT2D eigenvalue weighted by Gasteiger charge is -2.44. The van der Waals surface area contributed by atoms with Gasteiger partial charge < -0.3 is 4.74 Å². The van der Waals surface area contributed by atoms with Gasteiger partial charge in [0.1, 0.15) is 5.75 Å². The van der Waals surface area contributed by atoms with Crippen LogP contribution < -0.4 is 4.74 Å². The quantitative estimate of drug-likeness (QED) is 0.819. The number of nitrogens with zero attached hydrogens (tertiary/aromatic N) is 1. The molecule has 0 bridgehead atoms. The van der Waals surface area contributed by atoms with Crippen LogP contribution in [0.5, 0.6) is 5.75 Å². The standard InChI is InChI=1S/C14H13F2NO/c15-12(16)18-11-3-1-10(2-4-11)14(9-17)7-13(8-14)5-6-13/h1-4,12H,5-8H2. The number of hydrogen-bond acceptors (Lipinski definition) is 2. The molecule has 1 spiro atoms. The maximum absolute atomic E-state index is 12.0. The molecule has 0 radical (unpaired) electrons. The summed E-state index contributed by atoms with van der Waals surface area (Å²) < 4.78 is 28.4. The first-order chi connectivity index (χ1) is 8.57. The smallest absolute Gasteiger partial charge is 0.387 e. The third kappa shape index (κ3) is 1.74. The van der Waals surface area contributed by atoms with Gasteiger partial charge in [-0.1, -0.05) is 12.1 Å². The number of alkyl halides is 2. The van der Waals surface area contributed by atoms with E-state index in [9.17, 15) is 14.0 Å². The minimum atomic E-state index is -2.81. The van der Waals surface area contributed by atoms with E-state index in [0.29, 0.717) is 5.41 Å². The van der Waals surface area contributed by atoms with Gasteiger partial charge in [-0.25, -0.2) is 0 Å². The molecule has 4 heteroatoms. The summed E-state index contributed by atoms with van der Waals surface area (Å²) in [5.74, 6) is 0.141. The second-order valence-corrected chi connectivity index (χ2v) is 5.45. The molecule has 94 valence electrons. The zero-order valence-electron chi connectivity index (χ0n) is 9.83. The van der Waals surface area contributed by atoms with Crippen LogP contribution >= 0.6 is 0 Å². The Kier molecular flexibility index (Phi) is 2.34. The summed E-state index contributed by atoms with van der Waals surface area (Å²) in [7, 11) is 0. The molecule has 2 aliphatic carbocycles. The zero-order chi connectivity index (χ0) is 12.8. The Bertz CT molecular complexity index is 492. The van der Waals surface area contributed by atoms with Gasteiger partial charge in [-0.3, -0.25) is 0 Å². The summed E-state index contributed by atoms with van der Waals surface area (Å²) in [6.45, 7) is -2.81. The first kappa shape index (κ1) is 11.5. The maximum Gasteiger partial charge on any atom is 0.387 e. The first-order valence-electron chi connectivity index (χ1n) is 6.04. The molecule has 1 aromatic rings. The lowest BCUT2D eigenvalue weighted by Crippen LogP contribution is -2.41. The van der Waals surface area contributed by atoms with Crippen LogP contribution in [0.1, 0.15) is 31.2 Å². The van der Waals surface area contributed by atoms with Gasteiger partial charge in [0, 0.05) is 0 Å². The van der Waals surface area contributed by atoms with Crippen LogP contribution in [-0.2, 0) is 5.41 Å². The van der Waals surface area contributed by atoms with Crippen molar-refractivity contribution in [2.24, 2.45) is 5.41 Å². The highest BCUT2D eigenvalue weighted by atomic mass is 19.3. The lowest BCUT2D eigenvalue weighted by atomic mass is 9.57. The second-order valence-electron chi connectivity index (χ2n) is 5.45. The summed E-state index contributed by atoms with van der Waals surface area (Å²) in [5.41, 5.74) is 0.942. The molecular formula is C14H13F2NO. The van der Waals surface area contributed by atoms with Crippen molar-refractivity contribution in [3.63, 3.8) is 0 Å². The van der Waals surface area contributed by atoms with E-state index >= 15 is 0 Å². The third-order valence-electron chi connectivity index (χ3n) is 4.16. The summed E-state index contributed by atoms with van der Waals surface area (Å²) in [6, 6.07) is 8.89. The van der Waals surface area contributed by atoms with Crippen molar-refractivity contribution in [1.82, 2.24) is 0 Å². The highest BCUT2D eigenvalue weighted by Gasteiger charge is 2.61. The van der Waals surface area contributed by atoms with E-state index in [0.717, 1.165) is 18.4 Å². The fourth-order valence-electron chi connectivity index (χ4n) is 3.06. The van der Waals surface area contributed by atoms with Crippen LogP contribution in [-0.4, -0.2) is 6.61 Å². The van der Waals surface area contributed by atoms with Crippen molar-refractivity contribution in [3.8, 4) is 11.8 Å². The number of benzene rings is 1. The van der Waals surface area contributed by atoms with Crippen molar-refractivity contribution in [3.05, 3.63) is 29.8 Å². The highest BCUT2D eigenvalue weighted by molar-refractivity contribution is 5.42. The molecule has 2 aliphatic rings. The monoisotopic (exact) mass is 249 g/mol. The van der Waals surface area contributed by atoms with E-state index < -0.39 is 12.0 Å². The fraction of sp³-hybridized carbons (Fsp3) is 0.500. The van der Waals surface area contributed by atoms with E-state index in [-0.39, 0.29) is 5.75 Å². The predicted molar refractivity (Wildman–Crippen MR) is 61.3 cm³/mol. The van der Waals surface area contributed by atoms with Crippen LogP contribution in [0.25, 0.3) is 0 Å². The minimum absolute atomic E-state index is 0.141. The fourth-order valence-corrected chi connectivity index (χ4v) is 3.06. The van der Waals surface area contributed by atoms with Gasteiger partial charge in [0.2, 0.25) is 0 Å². The van der Waals surface area contributed by atoms with Crippen molar-refractivity contribution < 1.29 is 13.5 Å². The van der Waals surface area contributed by atoms with E-state index in [4.69, 9.17) is 0 Å². The van der Waals surface area contributed by atoms with Gasteiger partial charge in [-0.15, -0.1) is 0 Å². The molecule has 2 saturated carbocycles. The van der Waals surface area contributed by atoms with E-state index in [1.165, 1.54) is 25.0 Å². The zero-order valence-corrected chi connectivity index (χ0v) is 9.83. The summed E-state index contributed by atoms with van der Waals surface area (Å²) in [4.78, 5) is 0. The molecule has 0 aromatic heterocycles. The number of hydrogen-bond donors (Lipinski definition) is 0. The normalized spacial score (nSPS) is 22.3. The Hall–Kier alpha value is -1.63. The van der Waals surface area contributed by atoms with Crippen molar-refractivity contribution in [2.75, 3.05) is 0 Å². The Labute approximate surface area is 104 Å². The van der Waals surface area contributed by atoms with E-state index in [1.807, 2.05) is 0 Å². The maximum atomic E-state index is 12.0. The van der Waals surface area contributed by atoms with Crippen molar-refractivity contribution in [1.29, 1.82) is 5.26 Å². The van der Waals surface area contributed by atoms with Gasteiger partial charge in [0.15, 0.2) is 0 Å². The number of rotatable bonds is 3. The van der Waals surface area contributed by atoms with Crippen LogP contribution in [0.2, 0.25) is 0 Å². The average molecular weight is 249 g/mol. The average Bonchev–Trinajstić information content (AvgIpc) is 3.07. The van der Waals surface area contributed by atoms with Crippen LogP contribution in [0.3, 0.4) is 0 Å². The Morgan fingerprint density at radius 2 is 1.78 bits per heavy atom. The third-order valence-corrected chi connectivity index (χ3v) is 4.16. The molecule has 0 unspecified atom stereocenters. The molecule has 0 saturated heterocycles. The topological polar surface area (TPSA) is 33.0 Å². The number of nitriles is 1. The molecular weight excluding hydrogens is 236 g/mol. The Morgan fingerprint density at radius 1 is 1.17 bits per heavy atom. The molecule has 3 rings (SSSR count). The SMILES string of the molecule is N#CC1(c2ccc(OC(F)F)cc2)CC2(CC2)C1. The molecule has 0 N–H and O–H groups in total. The largest absolute Gasteiger partial charge is 0.435 e. The molecule has 2 fully saturated rings. The molecule has 1 aromatic carbocycles. The number of halogens is 2. The number of ether oxygens (including phenoxy) is 1. The predicted octanol–water partition coefficient (Wildman–Crippen LogP) is 3.62. The lowest BCUT2D eigenvalue weighted by molar-refractivity contribution is -0.0498. The molecule has 0 amide bonds. The molecule has 0 aliphatic heterocycles. The summed E-state index contributed by atoms with van der Waals surface area (Å²) in [5, 5.41) is 9.36. The second kappa shape index (κ2) is 3.68. The van der Waals surface area contributed by atoms with E-state index in [1.54, 1.807) is 12.1 Å². The Morgan fingerprint density at radius 3 is 2.22 bits per heavy atom. The minimum Gasteiger partial charge on any atom is -0.435 e. The van der Waals surface area contributed by atoms with Crippen LogP contribution in [0.4, 0.5) is 8.78 Å². The van der Waals surface area contributed by atoms with E-state index in [2.05, 4.69) is 10.8 Å². The Balaban J connectivity index is 1.78. The first-order valence-corrected chi connectivity index (χ1v) is 6.04. The van der Waals surface area contributed by atoms with Crippen LogP contribution in [0.15, 0.2) is 24.3 Å². The van der Waals surface area contributed by atoms with Crippen molar-refractivity contribution >= 4 is 0 Å². The van der Waals surface area contributed by atoms with Gasteiger partial charge in [0.05, 0.1) is 11.5 Å². The van der Waals surface area contributed by atoms with Gasteiger partial charge in [-0.05, 0) is 48.8 Å². The van der Waals surface area contributed by atoms with Crippen molar-refractivity contribution in [2.45, 2.75) is 37.7 Å². The summed E-state index contributed by atoms with van der Waals surface area (Å²) in [6.07, 6.45) is 4.27. The highest BCUT2D eigenvalue weighted by Crippen LogP contribution is 2.68. The molecule has 18 heavy (non-hydrogen) atoms. The molecule has 0 heterocycles. The molecule has 0 atom stereocenters. The summed E-state index contributed by atoms with van der Waals surface area (Å²) >= 11 is 0. The van der Waals surface area contributed by atoms with Crippen LogP contribution in [0, 0.1) is 16.7 Å². The van der Waals surface area contributed by atoms with Gasteiger partial charge in [-0.2, -0.15) is 14.0 Å². The molecule has 2 nitrogen and oxygen atoms in total. The van der Waals surface area contributed by atoms with Gasteiger partial charge >= 0.3 is 6.61 Å².